The minimum Gasteiger partial charge on any atom is -0.465 e. The summed E-state index contributed by atoms with van der Waals surface area (Å²) in [4.78, 5) is 50.2. The lowest BCUT2D eigenvalue weighted by molar-refractivity contribution is 0.0603. The Labute approximate surface area is 246 Å². The number of thiazole rings is 3. The Kier molecular flexibility index (Phi) is 8.17. The third-order valence-electron chi connectivity index (χ3n) is 5.82. The fourth-order valence-corrected chi connectivity index (χ4v) is 5.99. The van der Waals surface area contributed by atoms with Gasteiger partial charge in [-0.05, 0) is 47.1 Å². The van der Waals surface area contributed by atoms with Crippen LogP contribution in [0.3, 0.4) is 0 Å². The molecule has 0 aliphatic rings. The highest BCUT2D eigenvalue weighted by atomic mass is 32.1. The molecule has 41 heavy (non-hydrogen) atoms. The predicted octanol–water partition coefficient (Wildman–Crippen LogP) is 4.85. The van der Waals surface area contributed by atoms with Crippen LogP contribution in [0.15, 0.2) is 47.2 Å². The molecule has 0 fully saturated rings. The van der Waals surface area contributed by atoms with E-state index in [4.69, 9.17) is 17.6 Å². The zero-order valence-electron chi connectivity index (χ0n) is 21.4. The number of ether oxygens (including phenoxy) is 1. The highest BCUT2D eigenvalue weighted by Crippen LogP contribution is 2.34. The van der Waals surface area contributed by atoms with E-state index in [1.807, 2.05) is 30.3 Å². The molecule has 5 aromatic rings. The number of amides is 2. The first-order valence-electron chi connectivity index (χ1n) is 11.9. The Morgan fingerprint density at radius 1 is 0.902 bits per heavy atom. The van der Waals surface area contributed by atoms with Crippen molar-refractivity contribution in [3.05, 3.63) is 79.7 Å². The van der Waals surface area contributed by atoms with Crippen molar-refractivity contribution >= 4 is 67.1 Å². The van der Waals surface area contributed by atoms with Crippen molar-refractivity contribution in [2.75, 3.05) is 19.0 Å². The highest BCUT2D eigenvalue weighted by Gasteiger charge is 2.19. The van der Waals surface area contributed by atoms with Crippen LogP contribution in [0.1, 0.15) is 46.9 Å². The minimum atomic E-state index is -0.515. The smallest absolute Gasteiger partial charge is 0.339 e. The van der Waals surface area contributed by atoms with Crippen molar-refractivity contribution in [2.45, 2.75) is 6.42 Å². The third-order valence-corrected chi connectivity index (χ3v) is 8.39. The number of hydrogen-bond donors (Lipinski definition) is 2. The average Bonchev–Trinajstić information content (AvgIpc) is 3.76. The topological polar surface area (TPSA) is 123 Å². The van der Waals surface area contributed by atoms with Gasteiger partial charge in [-0.25, -0.2) is 19.7 Å². The molecule has 2 N–H and O–H groups in total. The molecule has 3 heterocycles. The standard InChI is InChI=1S/C29H19N5O4S3/c1-4-23-31-21(14-39-23)26(35)30-11-10-16-6-8-17(9-7-16)18-12-19(28(37)38-3)25-20(13-18)33-29(41-25)34-27(36)22-15-40-24(5-2)32-22/h1-2,6-9,12-15H,10-11H2,3H3,(H,30,35)(H,33,34,36). The zero-order chi connectivity index (χ0) is 28.9. The molecule has 9 nitrogen and oxygen atoms in total. The zero-order valence-corrected chi connectivity index (χ0v) is 23.8. The first-order valence-corrected chi connectivity index (χ1v) is 14.5. The number of anilines is 1. The van der Waals surface area contributed by atoms with Crippen molar-refractivity contribution in [2.24, 2.45) is 0 Å². The molecule has 0 radical (unpaired) electrons. The molecular weight excluding hydrogens is 579 g/mol. The van der Waals surface area contributed by atoms with E-state index in [-0.39, 0.29) is 11.6 Å². The molecule has 0 spiro atoms. The monoisotopic (exact) mass is 597 g/mol. The number of nitrogens with zero attached hydrogens (tertiary/aromatic N) is 3. The van der Waals surface area contributed by atoms with E-state index in [2.05, 4.69) is 37.4 Å². The maximum Gasteiger partial charge on any atom is 0.339 e. The minimum absolute atomic E-state index is 0.192. The number of carbonyl (C=O) groups excluding carboxylic acids is 3. The Balaban J connectivity index is 1.32. The van der Waals surface area contributed by atoms with Gasteiger partial charge < -0.3 is 10.1 Å². The number of terminal acetylenes is 2. The van der Waals surface area contributed by atoms with Gasteiger partial charge in [0.1, 0.15) is 11.4 Å². The van der Waals surface area contributed by atoms with E-state index in [0.29, 0.717) is 49.6 Å². The molecule has 0 saturated carbocycles. The van der Waals surface area contributed by atoms with Crippen LogP contribution in [-0.2, 0) is 11.2 Å². The van der Waals surface area contributed by atoms with Gasteiger partial charge >= 0.3 is 5.97 Å². The number of fused-ring (bicyclic) bond motifs is 1. The number of esters is 1. The fraction of sp³-hybridized carbons (Fsp3) is 0.103. The maximum absolute atomic E-state index is 12.6. The number of methoxy groups -OCH3 is 1. The van der Waals surface area contributed by atoms with Crippen LogP contribution in [-0.4, -0.2) is 46.4 Å². The highest BCUT2D eigenvalue weighted by molar-refractivity contribution is 7.22. The molecule has 0 saturated heterocycles. The number of rotatable bonds is 8. The van der Waals surface area contributed by atoms with E-state index in [9.17, 15) is 14.4 Å². The summed E-state index contributed by atoms with van der Waals surface area (Å²) >= 11 is 3.61. The van der Waals surface area contributed by atoms with Gasteiger partial charge in [-0.1, -0.05) is 35.6 Å². The fourth-order valence-electron chi connectivity index (χ4n) is 3.84. The van der Waals surface area contributed by atoms with Gasteiger partial charge in [-0.15, -0.1) is 35.5 Å². The van der Waals surface area contributed by atoms with E-state index < -0.39 is 11.9 Å². The summed E-state index contributed by atoms with van der Waals surface area (Å²) in [7, 11) is 1.31. The van der Waals surface area contributed by atoms with Gasteiger partial charge in [0, 0.05) is 17.3 Å². The van der Waals surface area contributed by atoms with E-state index >= 15 is 0 Å². The van der Waals surface area contributed by atoms with E-state index in [0.717, 1.165) is 16.7 Å². The summed E-state index contributed by atoms with van der Waals surface area (Å²) in [6, 6.07) is 11.4. The molecule has 0 unspecified atom stereocenters. The summed E-state index contributed by atoms with van der Waals surface area (Å²) in [6.07, 6.45) is 11.3. The van der Waals surface area contributed by atoms with E-state index in [1.165, 1.54) is 41.1 Å². The van der Waals surface area contributed by atoms with Crippen LogP contribution >= 0.6 is 34.0 Å². The Bertz CT molecular complexity index is 1870. The number of benzene rings is 2. The number of nitrogens with one attached hydrogen (secondary N) is 2. The van der Waals surface area contributed by atoms with Gasteiger partial charge in [0.2, 0.25) is 0 Å². The number of hydrogen-bond acceptors (Lipinski definition) is 10. The van der Waals surface area contributed by atoms with Crippen molar-refractivity contribution in [1.29, 1.82) is 0 Å². The quantitative estimate of drug-likeness (QED) is 0.194. The average molecular weight is 598 g/mol. The second-order valence-corrected chi connectivity index (χ2v) is 11.1. The number of carbonyl (C=O) groups is 3. The van der Waals surface area contributed by atoms with Gasteiger partial charge in [0.05, 0.1) is 22.9 Å². The van der Waals surface area contributed by atoms with E-state index in [1.54, 1.807) is 16.8 Å². The van der Waals surface area contributed by atoms with Crippen LogP contribution < -0.4 is 10.6 Å². The van der Waals surface area contributed by atoms with Crippen LogP contribution in [0.2, 0.25) is 0 Å². The van der Waals surface area contributed by atoms with Crippen molar-refractivity contribution < 1.29 is 19.1 Å². The van der Waals surface area contributed by atoms with Gasteiger partial charge in [0.15, 0.2) is 15.1 Å². The van der Waals surface area contributed by atoms with Crippen molar-refractivity contribution in [3.8, 4) is 35.8 Å². The Hall–Kier alpha value is -4.88. The first kappa shape index (κ1) is 27.7. The van der Waals surface area contributed by atoms with Crippen LogP contribution in [0.25, 0.3) is 21.3 Å². The summed E-state index contributed by atoms with van der Waals surface area (Å²) in [5.74, 6) is 3.58. The predicted molar refractivity (Wildman–Crippen MR) is 160 cm³/mol. The molecule has 0 aliphatic heterocycles. The lowest BCUT2D eigenvalue weighted by Crippen LogP contribution is -2.25. The SMILES string of the molecule is C#Cc1nc(C(=O)NCCc2ccc(-c3cc(C(=O)OC)c4sc(NC(=O)c5csc(C#C)n5)nc4c3)cc2)cs1. The van der Waals surface area contributed by atoms with Crippen molar-refractivity contribution in [3.63, 3.8) is 0 Å². The molecule has 0 aliphatic carbocycles. The maximum atomic E-state index is 12.6. The van der Waals surface area contributed by atoms with Gasteiger partial charge in [0.25, 0.3) is 11.8 Å². The van der Waals surface area contributed by atoms with Gasteiger partial charge in [-0.2, -0.15) is 0 Å². The Morgan fingerprint density at radius 2 is 1.56 bits per heavy atom. The molecule has 5 rings (SSSR count). The third kappa shape index (κ3) is 6.15. The van der Waals surface area contributed by atoms with Crippen LogP contribution in [0.4, 0.5) is 5.13 Å². The van der Waals surface area contributed by atoms with Crippen LogP contribution in [0, 0.1) is 24.7 Å². The summed E-state index contributed by atoms with van der Waals surface area (Å²) in [5, 5.41) is 9.96. The molecule has 0 bridgehead atoms. The molecular formula is C29H19N5O4S3. The lowest BCUT2D eigenvalue weighted by Gasteiger charge is -2.08. The Morgan fingerprint density at radius 3 is 2.17 bits per heavy atom. The molecule has 3 aromatic heterocycles. The van der Waals surface area contributed by atoms with Crippen molar-refractivity contribution in [1.82, 2.24) is 20.3 Å². The first-order chi connectivity index (χ1) is 19.9. The number of aromatic nitrogens is 3. The molecule has 2 amide bonds. The summed E-state index contributed by atoms with van der Waals surface area (Å²) in [6.45, 7) is 0.428. The second kappa shape index (κ2) is 12.1. The molecule has 202 valence electrons. The molecule has 0 atom stereocenters. The second-order valence-electron chi connectivity index (χ2n) is 8.40. The van der Waals surface area contributed by atoms with Gasteiger partial charge in [-0.3, -0.25) is 14.9 Å². The normalized spacial score (nSPS) is 10.5. The molecule has 12 heteroatoms. The lowest BCUT2D eigenvalue weighted by atomic mass is 10.0. The van der Waals surface area contributed by atoms with Crippen LogP contribution in [0.5, 0.6) is 0 Å². The summed E-state index contributed by atoms with van der Waals surface area (Å²) in [5.41, 5.74) is 4.00. The largest absolute Gasteiger partial charge is 0.465 e. The molecule has 2 aromatic carbocycles. The summed E-state index contributed by atoms with van der Waals surface area (Å²) < 4.78 is 5.59.